The molecule has 0 unspecified atom stereocenters. The highest BCUT2D eigenvalue weighted by Crippen LogP contribution is 2.28. The molecule has 4 aromatic rings. The Morgan fingerprint density at radius 3 is 2.64 bits per heavy atom. The maximum atomic E-state index is 12.6. The van der Waals surface area contributed by atoms with E-state index in [0.29, 0.717) is 22.9 Å². The van der Waals surface area contributed by atoms with Crippen LogP contribution in [0.15, 0.2) is 47.7 Å². The second-order valence-corrected chi connectivity index (χ2v) is 7.08. The number of aromatic amines is 1. The largest absolute Gasteiger partial charge is 0.342 e. The van der Waals surface area contributed by atoms with Crippen LogP contribution < -0.4 is 10.5 Å². The van der Waals surface area contributed by atoms with Crippen LogP contribution in [-0.4, -0.2) is 47.6 Å². The standard InChI is InChI=1S/C19H20N8O/c1-25-12-20-24-16(25)13-7-9-26(10-8-13)19-22-17-15(18(28)23-19)11-21-27(17)14-5-3-2-4-6-14/h2-6,11-13H,7-10H2,1H3,(H,22,23,28). The van der Waals surface area contributed by atoms with Crippen LogP contribution in [0.2, 0.25) is 0 Å². The highest BCUT2D eigenvalue weighted by atomic mass is 16.1. The van der Waals surface area contributed by atoms with Gasteiger partial charge in [-0.15, -0.1) is 10.2 Å². The van der Waals surface area contributed by atoms with Crippen molar-refractivity contribution in [3.8, 4) is 5.69 Å². The summed E-state index contributed by atoms with van der Waals surface area (Å²) in [7, 11) is 1.97. The summed E-state index contributed by atoms with van der Waals surface area (Å²) in [6.07, 6.45) is 5.18. The molecule has 0 bridgehead atoms. The van der Waals surface area contributed by atoms with E-state index in [2.05, 4.69) is 25.2 Å². The molecule has 0 saturated carbocycles. The van der Waals surface area contributed by atoms with Gasteiger partial charge in [-0.05, 0) is 25.0 Å². The molecule has 1 aliphatic heterocycles. The van der Waals surface area contributed by atoms with E-state index >= 15 is 0 Å². The van der Waals surface area contributed by atoms with Gasteiger partial charge in [-0.3, -0.25) is 9.78 Å². The van der Waals surface area contributed by atoms with Crippen molar-refractivity contribution in [2.45, 2.75) is 18.8 Å². The number of piperidine rings is 1. The van der Waals surface area contributed by atoms with Gasteiger partial charge in [0, 0.05) is 26.1 Å². The fourth-order valence-corrected chi connectivity index (χ4v) is 3.83. The van der Waals surface area contributed by atoms with Gasteiger partial charge >= 0.3 is 0 Å². The van der Waals surface area contributed by atoms with Crippen LogP contribution in [-0.2, 0) is 7.05 Å². The van der Waals surface area contributed by atoms with Crippen LogP contribution >= 0.6 is 0 Å². The van der Waals surface area contributed by atoms with E-state index in [0.717, 1.165) is 37.4 Å². The third kappa shape index (κ3) is 2.75. The van der Waals surface area contributed by atoms with Crippen molar-refractivity contribution in [1.82, 2.24) is 34.5 Å². The molecule has 9 nitrogen and oxygen atoms in total. The monoisotopic (exact) mass is 376 g/mol. The smallest absolute Gasteiger partial charge is 0.263 e. The van der Waals surface area contributed by atoms with Crippen molar-refractivity contribution in [2.75, 3.05) is 18.0 Å². The van der Waals surface area contributed by atoms with Crippen LogP contribution in [0.25, 0.3) is 16.7 Å². The highest BCUT2D eigenvalue weighted by Gasteiger charge is 2.25. The number of fused-ring (bicyclic) bond motifs is 1. The first kappa shape index (κ1) is 16.7. The maximum Gasteiger partial charge on any atom is 0.263 e. The molecule has 0 aliphatic carbocycles. The van der Waals surface area contributed by atoms with E-state index in [-0.39, 0.29) is 5.56 Å². The SMILES string of the molecule is Cn1cnnc1C1CCN(c2nc3c(cnn3-c3ccccc3)c(=O)[nH]2)CC1. The van der Waals surface area contributed by atoms with Crippen molar-refractivity contribution < 1.29 is 0 Å². The predicted octanol–water partition coefficient (Wildman–Crippen LogP) is 1.62. The molecule has 1 fully saturated rings. The summed E-state index contributed by atoms with van der Waals surface area (Å²) in [5.41, 5.74) is 1.28. The number of hydrogen-bond donors (Lipinski definition) is 1. The Kier molecular flexibility index (Phi) is 3.92. The summed E-state index contributed by atoms with van der Waals surface area (Å²) in [4.78, 5) is 22.4. The number of aromatic nitrogens is 7. The number of H-pyrrole nitrogens is 1. The molecular weight excluding hydrogens is 356 g/mol. The third-order valence-electron chi connectivity index (χ3n) is 5.33. The Bertz CT molecular complexity index is 1170. The maximum absolute atomic E-state index is 12.6. The van der Waals surface area contributed by atoms with Crippen molar-refractivity contribution in [2.24, 2.45) is 7.05 Å². The van der Waals surface area contributed by atoms with Gasteiger partial charge in [0.1, 0.15) is 17.5 Å². The zero-order valence-corrected chi connectivity index (χ0v) is 15.5. The van der Waals surface area contributed by atoms with Crippen molar-refractivity contribution in [1.29, 1.82) is 0 Å². The molecule has 0 atom stereocenters. The zero-order chi connectivity index (χ0) is 19.1. The van der Waals surface area contributed by atoms with Crippen molar-refractivity contribution in [3.63, 3.8) is 0 Å². The number of rotatable bonds is 3. The van der Waals surface area contributed by atoms with E-state index in [9.17, 15) is 4.79 Å². The van der Waals surface area contributed by atoms with Crippen LogP contribution in [0.5, 0.6) is 0 Å². The lowest BCUT2D eigenvalue weighted by Crippen LogP contribution is -2.35. The van der Waals surface area contributed by atoms with Gasteiger partial charge in [-0.2, -0.15) is 10.1 Å². The van der Waals surface area contributed by atoms with Crippen LogP contribution in [0.3, 0.4) is 0 Å². The molecule has 4 heterocycles. The first-order valence-corrected chi connectivity index (χ1v) is 9.33. The molecule has 0 spiro atoms. The number of nitrogens with one attached hydrogen (secondary N) is 1. The number of hydrogen-bond acceptors (Lipinski definition) is 6. The van der Waals surface area contributed by atoms with Crippen LogP contribution in [0.1, 0.15) is 24.6 Å². The molecule has 0 amide bonds. The Labute approximate surface area is 160 Å². The molecule has 1 aliphatic rings. The summed E-state index contributed by atoms with van der Waals surface area (Å²) >= 11 is 0. The van der Waals surface area contributed by atoms with Crippen molar-refractivity contribution in [3.05, 3.63) is 59.0 Å². The van der Waals surface area contributed by atoms with Gasteiger partial charge in [0.25, 0.3) is 5.56 Å². The van der Waals surface area contributed by atoms with Gasteiger partial charge in [-0.1, -0.05) is 18.2 Å². The van der Waals surface area contributed by atoms with Crippen LogP contribution in [0.4, 0.5) is 5.95 Å². The first-order valence-electron chi connectivity index (χ1n) is 9.33. The van der Waals surface area contributed by atoms with Gasteiger partial charge in [0.15, 0.2) is 5.65 Å². The molecule has 1 aromatic carbocycles. The number of aryl methyl sites for hydroxylation is 1. The van der Waals surface area contributed by atoms with E-state index in [4.69, 9.17) is 4.98 Å². The minimum Gasteiger partial charge on any atom is -0.342 e. The average Bonchev–Trinajstić information content (AvgIpc) is 3.35. The predicted molar refractivity (Wildman–Crippen MR) is 105 cm³/mol. The molecule has 1 N–H and O–H groups in total. The van der Waals surface area contributed by atoms with E-state index in [1.165, 1.54) is 0 Å². The minimum absolute atomic E-state index is 0.169. The highest BCUT2D eigenvalue weighted by molar-refractivity contribution is 5.76. The molecule has 5 rings (SSSR count). The molecule has 0 radical (unpaired) electrons. The number of para-hydroxylation sites is 1. The van der Waals surface area contributed by atoms with E-state index in [1.54, 1.807) is 17.2 Å². The fraction of sp³-hybridized carbons (Fsp3) is 0.316. The lowest BCUT2D eigenvalue weighted by Gasteiger charge is -2.31. The Morgan fingerprint density at radius 1 is 1.14 bits per heavy atom. The number of benzene rings is 1. The first-order chi connectivity index (χ1) is 13.7. The zero-order valence-electron chi connectivity index (χ0n) is 15.5. The Morgan fingerprint density at radius 2 is 1.93 bits per heavy atom. The number of anilines is 1. The van der Waals surface area contributed by atoms with E-state index in [1.807, 2.05) is 41.9 Å². The van der Waals surface area contributed by atoms with Gasteiger partial charge in [0.2, 0.25) is 5.95 Å². The quantitative estimate of drug-likeness (QED) is 0.584. The third-order valence-corrected chi connectivity index (χ3v) is 5.33. The lowest BCUT2D eigenvalue weighted by atomic mass is 9.96. The Balaban J connectivity index is 1.45. The summed E-state index contributed by atoms with van der Waals surface area (Å²) in [6.45, 7) is 1.59. The average molecular weight is 376 g/mol. The second-order valence-electron chi connectivity index (χ2n) is 7.08. The lowest BCUT2D eigenvalue weighted by molar-refractivity contribution is 0.469. The summed E-state index contributed by atoms with van der Waals surface area (Å²) < 4.78 is 3.69. The molecular formula is C19H20N8O. The summed E-state index contributed by atoms with van der Waals surface area (Å²) in [5, 5.41) is 13.1. The van der Waals surface area contributed by atoms with Gasteiger partial charge < -0.3 is 9.47 Å². The number of nitrogens with zero attached hydrogens (tertiary/aromatic N) is 7. The summed E-state index contributed by atoms with van der Waals surface area (Å²) in [6, 6.07) is 9.72. The molecule has 3 aromatic heterocycles. The molecule has 142 valence electrons. The normalized spacial score (nSPS) is 15.4. The molecule has 28 heavy (non-hydrogen) atoms. The summed E-state index contributed by atoms with van der Waals surface area (Å²) in [5.74, 6) is 1.97. The molecule has 1 saturated heterocycles. The van der Waals surface area contributed by atoms with Crippen LogP contribution in [0, 0.1) is 0 Å². The second kappa shape index (κ2) is 6.59. The minimum atomic E-state index is -0.169. The van der Waals surface area contributed by atoms with Crippen molar-refractivity contribution >= 4 is 17.0 Å². The Hall–Kier alpha value is -3.49. The van der Waals surface area contributed by atoms with Gasteiger partial charge in [-0.25, -0.2) is 4.68 Å². The van der Waals surface area contributed by atoms with E-state index < -0.39 is 0 Å². The molecule has 9 heteroatoms. The fourth-order valence-electron chi connectivity index (χ4n) is 3.83. The van der Waals surface area contributed by atoms with Gasteiger partial charge in [0.05, 0.1) is 11.9 Å². The topological polar surface area (TPSA) is 97.5 Å².